The number of hydrogen-bond donors (Lipinski definition) is 0. The Morgan fingerprint density at radius 3 is 2.54 bits per heavy atom. The van der Waals surface area contributed by atoms with Crippen LogP contribution in [0.3, 0.4) is 0 Å². The van der Waals surface area contributed by atoms with E-state index in [9.17, 15) is 18.4 Å². The van der Waals surface area contributed by atoms with Gasteiger partial charge in [0.2, 0.25) is 0 Å². The molecule has 0 fully saturated rings. The number of ketones is 1. The summed E-state index contributed by atoms with van der Waals surface area (Å²) < 4.78 is 32.4. The Morgan fingerprint density at radius 1 is 1.25 bits per heavy atom. The summed E-state index contributed by atoms with van der Waals surface area (Å²) in [5, 5.41) is 4.21. The second-order valence-corrected chi connectivity index (χ2v) is 5.20. The topological polar surface area (TPSA) is 61.2 Å². The fraction of sp³-hybridized carbons (Fsp3) is 0.235. The van der Waals surface area contributed by atoms with Crippen molar-refractivity contribution in [3.05, 3.63) is 58.4 Å². The van der Waals surface area contributed by atoms with Crippen molar-refractivity contribution in [2.75, 3.05) is 6.61 Å². The van der Waals surface area contributed by atoms with E-state index in [4.69, 9.17) is 4.74 Å². The number of benzene rings is 1. The van der Waals surface area contributed by atoms with Gasteiger partial charge in [0, 0.05) is 29.9 Å². The highest BCUT2D eigenvalue weighted by molar-refractivity contribution is 5.98. The standard InChI is InChI=1S/C17H16F2N2O3/c1-10-13(11(2)21(3)20-10)5-7-17(23)24-9-16(22)12-4-6-14(18)15(19)8-12/h4-8H,9H2,1-3H3/b7-5+. The molecule has 0 aliphatic carbocycles. The lowest BCUT2D eigenvalue weighted by Gasteiger charge is -2.02. The second kappa shape index (κ2) is 7.16. The molecule has 1 aromatic heterocycles. The molecule has 0 saturated heterocycles. The Kier molecular flexibility index (Phi) is 5.23. The lowest BCUT2D eigenvalue weighted by molar-refractivity contribution is -0.136. The van der Waals surface area contributed by atoms with Gasteiger partial charge in [-0.3, -0.25) is 9.48 Å². The molecule has 126 valence electrons. The molecule has 5 nitrogen and oxygen atoms in total. The van der Waals surface area contributed by atoms with Crippen molar-refractivity contribution in [2.45, 2.75) is 13.8 Å². The van der Waals surface area contributed by atoms with Crippen LogP contribution in [-0.4, -0.2) is 28.1 Å². The van der Waals surface area contributed by atoms with E-state index in [0.29, 0.717) is 0 Å². The second-order valence-electron chi connectivity index (χ2n) is 5.20. The fourth-order valence-electron chi connectivity index (χ4n) is 2.12. The minimum absolute atomic E-state index is 0.0652. The minimum Gasteiger partial charge on any atom is -0.454 e. The van der Waals surface area contributed by atoms with E-state index >= 15 is 0 Å². The summed E-state index contributed by atoms with van der Waals surface area (Å²) in [7, 11) is 1.79. The molecule has 0 aliphatic heterocycles. The van der Waals surface area contributed by atoms with Gasteiger partial charge in [-0.25, -0.2) is 13.6 Å². The van der Waals surface area contributed by atoms with Gasteiger partial charge in [-0.05, 0) is 38.1 Å². The minimum atomic E-state index is -1.13. The third kappa shape index (κ3) is 3.92. The zero-order chi connectivity index (χ0) is 17.9. The molecular formula is C17H16F2N2O3. The third-order valence-electron chi connectivity index (χ3n) is 3.54. The van der Waals surface area contributed by atoms with Gasteiger partial charge in [-0.1, -0.05) is 0 Å². The molecule has 0 spiro atoms. The predicted molar refractivity (Wildman–Crippen MR) is 83.4 cm³/mol. The van der Waals surface area contributed by atoms with Crippen LogP contribution < -0.4 is 0 Å². The van der Waals surface area contributed by atoms with Crippen molar-refractivity contribution in [3.63, 3.8) is 0 Å². The van der Waals surface area contributed by atoms with Crippen LogP contribution >= 0.6 is 0 Å². The summed E-state index contributed by atoms with van der Waals surface area (Å²) in [5.74, 6) is -3.51. The average Bonchev–Trinajstić information content (AvgIpc) is 2.78. The highest BCUT2D eigenvalue weighted by Crippen LogP contribution is 2.14. The number of ether oxygens (including phenoxy) is 1. The molecule has 24 heavy (non-hydrogen) atoms. The molecule has 1 heterocycles. The molecule has 0 radical (unpaired) electrons. The monoisotopic (exact) mass is 334 g/mol. The van der Waals surface area contributed by atoms with Gasteiger partial charge in [0.05, 0.1) is 5.69 Å². The highest BCUT2D eigenvalue weighted by Gasteiger charge is 2.12. The lowest BCUT2D eigenvalue weighted by Crippen LogP contribution is -2.13. The first-order valence-electron chi connectivity index (χ1n) is 7.13. The van der Waals surface area contributed by atoms with Crippen LogP contribution in [0, 0.1) is 25.5 Å². The molecule has 0 bridgehead atoms. The maximum atomic E-state index is 13.1. The summed E-state index contributed by atoms with van der Waals surface area (Å²) in [6.07, 6.45) is 2.75. The van der Waals surface area contributed by atoms with Crippen molar-refractivity contribution in [2.24, 2.45) is 7.05 Å². The van der Waals surface area contributed by atoms with Crippen LogP contribution in [0.2, 0.25) is 0 Å². The van der Waals surface area contributed by atoms with Gasteiger partial charge < -0.3 is 4.74 Å². The molecule has 0 atom stereocenters. The number of carbonyl (C=O) groups is 2. The Morgan fingerprint density at radius 2 is 1.96 bits per heavy atom. The molecule has 0 aliphatic rings. The molecular weight excluding hydrogens is 318 g/mol. The van der Waals surface area contributed by atoms with Crippen molar-refractivity contribution >= 4 is 17.8 Å². The number of aromatic nitrogens is 2. The molecule has 0 saturated carbocycles. The normalized spacial score (nSPS) is 11.0. The van der Waals surface area contributed by atoms with Gasteiger partial charge in [0.1, 0.15) is 0 Å². The number of halogens is 2. The molecule has 0 unspecified atom stereocenters. The van der Waals surface area contributed by atoms with Gasteiger partial charge in [0.15, 0.2) is 24.0 Å². The largest absolute Gasteiger partial charge is 0.454 e. The summed E-state index contributed by atoms with van der Waals surface area (Å²) >= 11 is 0. The van der Waals surface area contributed by atoms with Crippen molar-refractivity contribution < 1.29 is 23.1 Å². The molecule has 0 amide bonds. The SMILES string of the molecule is Cc1nn(C)c(C)c1/C=C/C(=O)OCC(=O)c1ccc(F)c(F)c1. The molecule has 2 rings (SSSR count). The quantitative estimate of drug-likeness (QED) is 0.479. The number of aryl methyl sites for hydroxylation is 2. The number of Topliss-reactive ketones (excluding diaryl/α,β-unsaturated/α-hetero) is 1. The van der Waals surface area contributed by atoms with Gasteiger partial charge in [-0.2, -0.15) is 5.10 Å². The Labute approximate surface area is 137 Å². The predicted octanol–water partition coefficient (Wildman–Crippen LogP) is 2.75. The van der Waals surface area contributed by atoms with E-state index in [0.717, 1.165) is 35.2 Å². The van der Waals surface area contributed by atoms with Crippen LogP contribution in [0.15, 0.2) is 24.3 Å². The van der Waals surface area contributed by atoms with Crippen molar-refractivity contribution in [3.8, 4) is 0 Å². The zero-order valence-electron chi connectivity index (χ0n) is 13.5. The number of nitrogens with zero attached hydrogens (tertiary/aromatic N) is 2. The number of esters is 1. The Balaban J connectivity index is 1.96. The van der Waals surface area contributed by atoms with Crippen LogP contribution in [0.25, 0.3) is 6.08 Å². The van der Waals surface area contributed by atoms with Crippen LogP contribution in [0.4, 0.5) is 8.78 Å². The summed E-state index contributed by atoms with van der Waals surface area (Å²) in [5.41, 5.74) is 2.37. The van der Waals surface area contributed by atoms with Gasteiger partial charge in [-0.15, -0.1) is 0 Å². The average molecular weight is 334 g/mol. The number of rotatable bonds is 5. The smallest absolute Gasteiger partial charge is 0.331 e. The van der Waals surface area contributed by atoms with E-state index in [1.54, 1.807) is 17.8 Å². The Bertz CT molecular complexity index is 825. The van der Waals surface area contributed by atoms with E-state index < -0.39 is 30.0 Å². The molecule has 2 aromatic rings. The van der Waals surface area contributed by atoms with Crippen LogP contribution in [0.5, 0.6) is 0 Å². The first-order valence-corrected chi connectivity index (χ1v) is 7.13. The van der Waals surface area contributed by atoms with E-state index in [1.165, 1.54) is 6.08 Å². The van der Waals surface area contributed by atoms with Gasteiger partial charge >= 0.3 is 5.97 Å². The van der Waals surface area contributed by atoms with Crippen LogP contribution in [-0.2, 0) is 16.6 Å². The lowest BCUT2D eigenvalue weighted by atomic mass is 10.1. The van der Waals surface area contributed by atoms with E-state index in [2.05, 4.69) is 5.10 Å². The maximum absolute atomic E-state index is 13.1. The van der Waals surface area contributed by atoms with E-state index in [-0.39, 0.29) is 5.56 Å². The molecule has 0 N–H and O–H groups in total. The summed E-state index contributed by atoms with van der Waals surface area (Å²) in [4.78, 5) is 23.5. The Hall–Kier alpha value is -2.83. The first kappa shape index (κ1) is 17.5. The van der Waals surface area contributed by atoms with Gasteiger partial charge in [0.25, 0.3) is 0 Å². The first-order chi connectivity index (χ1) is 11.3. The fourth-order valence-corrected chi connectivity index (χ4v) is 2.12. The summed E-state index contributed by atoms with van der Waals surface area (Å²) in [6, 6.07) is 2.74. The maximum Gasteiger partial charge on any atom is 0.331 e. The van der Waals surface area contributed by atoms with Crippen molar-refractivity contribution in [1.29, 1.82) is 0 Å². The number of hydrogen-bond acceptors (Lipinski definition) is 4. The van der Waals surface area contributed by atoms with E-state index in [1.807, 2.05) is 13.8 Å². The molecule has 1 aromatic carbocycles. The third-order valence-corrected chi connectivity index (χ3v) is 3.54. The number of carbonyl (C=O) groups excluding carboxylic acids is 2. The zero-order valence-corrected chi connectivity index (χ0v) is 13.5. The van der Waals surface area contributed by atoms with Crippen molar-refractivity contribution in [1.82, 2.24) is 9.78 Å². The van der Waals surface area contributed by atoms with Crippen LogP contribution in [0.1, 0.15) is 27.3 Å². The molecule has 7 heteroatoms. The highest BCUT2D eigenvalue weighted by atomic mass is 19.2. The summed E-state index contributed by atoms with van der Waals surface area (Å²) in [6.45, 7) is 3.11.